The van der Waals surface area contributed by atoms with Gasteiger partial charge < -0.3 is 19.4 Å². The fourth-order valence-electron chi connectivity index (χ4n) is 3.49. The first-order valence-electron chi connectivity index (χ1n) is 10.1. The molecule has 156 valence electrons. The molecular weight excluding hydrogens is 382 g/mol. The van der Waals surface area contributed by atoms with Gasteiger partial charge >= 0.3 is 0 Å². The highest BCUT2D eigenvalue weighted by Crippen LogP contribution is 2.38. The molecule has 3 heterocycles. The van der Waals surface area contributed by atoms with Crippen LogP contribution in [0.15, 0.2) is 34.6 Å². The molecule has 8 heteroatoms. The lowest BCUT2D eigenvalue weighted by Crippen LogP contribution is -2.37. The molecule has 0 spiro atoms. The average molecular weight is 407 g/mol. The number of amides is 1. The Balaban J connectivity index is 1.39. The van der Waals surface area contributed by atoms with Crippen LogP contribution in [0.4, 0.5) is 0 Å². The van der Waals surface area contributed by atoms with Gasteiger partial charge in [-0.2, -0.15) is 10.2 Å². The van der Waals surface area contributed by atoms with E-state index in [1.165, 1.54) is 0 Å². The van der Waals surface area contributed by atoms with Gasteiger partial charge in [-0.25, -0.2) is 4.98 Å². The molecule has 1 amide bonds. The van der Waals surface area contributed by atoms with Crippen molar-refractivity contribution >= 4 is 5.91 Å². The zero-order chi connectivity index (χ0) is 21.1. The van der Waals surface area contributed by atoms with Crippen LogP contribution in [0.3, 0.4) is 0 Å². The van der Waals surface area contributed by atoms with Crippen molar-refractivity contribution < 1.29 is 14.3 Å². The van der Waals surface area contributed by atoms with Gasteiger partial charge in [0.1, 0.15) is 5.82 Å². The molecule has 0 bridgehead atoms. The molecule has 2 aliphatic rings. The zero-order valence-corrected chi connectivity index (χ0v) is 17.2. The molecule has 30 heavy (non-hydrogen) atoms. The second kappa shape index (κ2) is 8.19. The lowest BCUT2D eigenvalue weighted by molar-refractivity contribution is -0.134. The van der Waals surface area contributed by atoms with Crippen molar-refractivity contribution in [1.82, 2.24) is 14.9 Å². The molecule has 1 N–H and O–H groups in total. The van der Waals surface area contributed by atoms with E-state index in [4.69, 9.17) is 15.9 Å². The molecule has 2 aromatic rings. The SMILES string of the molecule is C#CCCC1(CCC(=O)N(Cc2ncc(-c3ccc4c(c3)OCO4)[nH]2)C(C)C)N=N1. The molecule has 1 aromatic carbocycles. The van der Waals surface area contributed by atoms with E-state index in [-0.39, 0.29) is 18.7 Å². The highest BCUT2D eigenvalue weighted by molar-refractivity contribution is 5.76. The molecule has 0 saturated carbocycles. The van der Waals surface area contributed by atoms with Gasteiger partial charge in [-0.15, -0.1) is 12.3 Å². The van der Waals surface area contributed by atoms with Crippen molar-refractivity contribution in [3.63, 3.8) is 0 Å². The van der Waals surface area contributed by atoms with Gasteiger partial charge in [0.15, 0.2) is 17.2 Å². The van der Waals surface area contributed by atoms with E-state index in [0.29, 0.717) is 32.2 Å². The van der Waals surface area contributed by atoms with Crippen LogP contribution in [-0.2, 0) is 11.3 Å². The smallest absolute Gasteiger partial charge is 0.231 e. The number of H-pyrrole nitrogens is 1. The third kappa shape index (κ3) is 4.30. The van der Waals surface area contributed by atoms with Crippen LogP contribution in [0, 0.1) is 12.3 Å². The van der Waals surface area contributed by atoms with Crippen molar-refractivity contribution in [3.05, 3.63) is 30.2 Å². The van der Waals surface area contributed by atoms with Gasteiger partial charge in [-0.05, 0) is 32.0 Å². The number of benzene rings is 1. The first kappa shape index (κ1) is 20.0. The van der Waals surface area contributed by atoms with Crippen LogP contribution in [0.1, 0.15) is 45.4 Å². The Morgan fingerprint density at radius 1 is 1.30 bits per heavy atom. The minimum atomic E-state index is -0.443. The molecule has 0 unspecified atom stereocenters. The summed E-state index contributed by atoms with van der Waals surface area (Å²) >= 11 is 0. The molecule has 4 rings (SSSR count). The summed E-state index contributed by atoms with van der Waals surface area (Å²) in [6.45, 7) is 4.65. The summed E-state index contributed by atoms with van der Waals surface area (Å²) in [6.07, 6.45) is 9.40. The first-order valence-corrected chi connectivity index (χ1v) is 10.1. The van der Waals surface area contributed by atoms with E-state index >= 15 is 0 Å². The Morgan fingerprint density at radius 3 is 2.83 bits per heavy atom. The second-order valence-corrected chi connectivity index (χ2v) is 7.81. The van der Waals surface area contributed by atoms with Crippen molar-refractivity contribution in [3.8, 4) is 35.1 Å². The Labute approximate surface area is 175 Å². The van der Waals surface area contributed by atoms with Gasteiger partial charge in [0.2, 0.25) is 12.7 Å². The predicted molar refractivity (Wildman–Crippen MR) is 111 cm³/mol. The quantitative estimate of drug-likeness (QED) is 0.638. The highest BCUT2D eigenvalue weighted by Gasteiger charge is 2.39. The lowest BCUT2D eigenvalue weighted by atomic mass is 10.0. The van der Waals surface area contributed by atoms with Gasteiger partial charge in [-0.1, -0.05) is 0 Å². The minimum Gasteiger partial charge on any atom is -0.454 e. The number of hydrogen-bond acceptors (Lipinski definition) is 6. The number of nitrogens with one attached hydrogen (secondary N) is 1. The molecule has 0 atom stereocenters. The summed E-state index contributed by atoms with van der Waals surface area (Å²) < 4.78 is 10.8. The maximum absolute atomic E-state index is 12.9. The van der Waals surface area contributed by atoms with E-state index in [1.54, 1.807) is 6.20 Å². The normalized spacial score (nSPS) is 15.3. The number of nitrogens with zero attached hydrogens (tertiary/aromatic N) is 4. The summed E-state index contributed by atoms with van der Waals surface area (Å²) in [5.41, 5.74) is 1.37. The van der Waals surface area contributed by atoms with Crippen molar-refractivity contribution in [2.45, 2.75) is 57.8 Å². The van der Waals surface area contributed by atoms with E-state index in [0.717, 1.165) is 28.6 Å². The third-order valence-corrected chi connectivity index (χ3v) is 5.37. The standard InChI is InChI=1S/C22H25N5O3/c1-4-5-9-22(25-26-22)10-8-21(28)27(15(2)3)13-20-23-12-17(24-20)16-6-7-18-19(11-16)30-14-29-18/h1,6-7,11-12,15H,5,8-10,13-14H2,2-3H3,(H,23,24). The van der Waals surface area contributed by atoms with Crippen LogP contribution in [0.25, 0.3) is 11.3 Å². The number of aromatic nitrogens is 2. The van der Waals surface area contributed by atoms with E-state index in [9.17, 15) is 4.79 Å². The van der Waals surface area contributed by atoms with Crippen LogP contribution < -0.4 is 9.47 Å². The highest BCUT2D eigenvalue weighted by atomic mass is 16.7. The van der Waals surface area contributed by atoms with Crippen LogP contribution in [0.5, 0.6) is 11.5 Å². The van der Waals surface area contributed by atoms with E-state index in [1.807, 2.05) is 36.9 Å². The Kier molecular flexibility index (Phi) is 5.44. The number of terminal acetylenes is 1. The lowest BCUT2D eigenvalue weighted by Gasteiger charge is -2.26. The minimum absolute atomic E-state index is 0.0475. The Bertz CT molecular complexity index is 998. The number of carbonyl (C=O) groups excluding carboxylic acids is 1. The number of ether oxygens (including phenoxy) is 2. The molecule has 0 radical (unpaired) electrons. The van der Waals surface area contributed by atoms with E-state index < -0.39 is 5.66 Å². The molecule has 0 saturated heterocycles. The fraction of sp³-hybridized carbons (Fsp3) is 0.455. The molecule has 2 aliphatic heterocycles. The molecular formula is C22H25N5O3. The maximum atomic E-state index is 12.9. The van der Waals surface area contributed by atoms with Crippen LogP contribution in [0.2, 0.25) is 0 Å². The number of fused-ring (bicyclic) bond motifs is 1. The van der Waals surface area contributed by atoms with Gasteiger partial charge in [0, 0.05) is 37.3 Å². The topological polar surface area (TPSA) is 92.2 Å². The number of rotatable bonds is 9. The molecule has 8 nitrogen and oxygen atoms in total. The zero-order valence-electron chi connectivity index (χ0n) is 17.2. The van der Waals surface area contributed by atoms with Gasteiger partial charge in [0.25, 0.3) is 0 Å². The summed E-state index contributed by atoms with van der Waals surface area (Å²) in [7, 11) is 0. The number of hydrogen-bond donors (Lipinski definition) is 1. The van der Waals surface area contributed by atoms with Crippen LogP contribution >= 0.6 is 0 Å². The average Bonchev–Trinajstić information content (AvgIpc) is 3.13. The number of carbonyl (C=O) groups is 1. The first-order chi connectivity index (χ1) is 14.5. The second-order valence-electron chi connectivity index (χ2n) is 7.81. The molecule has 1 aromatic heterocycles. The monoisotopic (exact) mass is 407 g/mol. The summed E-state index contributed by atoms with van der Waals surface area (Å²) in [4.78, 5) is 22.5. The van der Waals surface area contributed by atoms with Crippen molar-refractivity contribution in [2.24, 2.45) is 10.2 Å². The van der Waals surface area contributed by atoms with Crippen LogP contribution in [-0.4, -0.2) is 39.3 Å². The summed E-state index contributed by atoms with van der Waals surface area (Å²) in [5.74, 6) is 4.86. The largest absolute Gasteiger partial charge is 0.454 e. The number of aromatic amines is 1. The van der Waals surface area contributed by atoms with E-state index in [2.05, 4.69) is 26.1 Å². The fourth-order valence-corrected chi connectivity index (χ4v) is 3.49. The Morgan fingerprint density at radius 2 is 2.10 bits per heavy atom. The van der Waals surface area contributed by atoms with Gasteiger partial charge in [0.05, 0.1) is 18.4 Å². The maximum Gasteiger partial charge on any atom is 0.231 e. The number of imidazole rings is 1. The summed E-state index contributed by atoms with van der Waals surface area (Å²) in [6, 6.07) is 5.80. The predicted octanol–water partition coefficient (Wildman–Crippen LogP) is 3.90. The van der Waals surface area contributed by atoms with Crippen molar-refractivity contribution in [2.75, 3.05) is 6.79 Å². The summed E-state index contributed by atoms with van der Waals surface area (Å²) in [5, 5.41) is 8.23. The van der Waals surface area contributed by atoms with Crippen molar-refractivity contribution in [1.29, 1.82) is 0 Å². The Hall–Kier alpha value is -3.34. The third-order valence-electron chi connectivity index (χ3n) is 5.37. The molecule has 0 fully saturated rings. The van der Waals surface area contributed by atoms with Gasteiger partial charge in [-0.3, -0.25) is 4.79 Å². The molecule has 0 aliphatic carbocycles.